The molecule has 0 amide bonds. The second-order valence-electron chi connectivity index (χ2n) is 8.62. The van der Waals surface area contributed by atoms with Crippen molar-refractivity contribution in [2.75, 3.05) is 25.5 Å². The van der Waals surface area contributed by atoms with Gasteiger partial charge in [0, 0.05) is 30.6 Å². The fraction of sp³-hybridized carbons (Fsp3) is 0.417. The fourth-order valence-corrected chi connectivity index (χ4v) is 4.81. The molecule has 3 aromatic rings. The number of ether oxygens (including phenoxy) is 2. The first kappa shape index (κ1) is 22.1. The quantitative estimate of drug-likeness (QED) is 0.545. The van der Waals surface area contributed by atoms with Crippen LogP contribution in [0.4, 0.5) is 15.9 Å². The summed E-state index contributed by atoms with van der Waals surface area (Å²) in [6.45, 7) is 1.55. The molecule has 1 aliphatic heterocycles. The summed E-state index contributed by atoms with van der Waals surface area (Å²) < 4.78 is 26.4. The topological polar surface area (TPSA) is 79.7 Å². The molecule has 0 unspecified atom stereocenters. The molecule has 2 heterocycles. The standard InChI is InChI=1S/C24H26ClFN4O3/c1-32-21-10-20-17(24(28-13-27-20)29-19-4-2-3-18(25)23(19)26)9-22(21)33-16-7-5-14(6-8-16)30-11-15(31)12-30/h2-4,9-10,13-16,31H,5-8,11-12H2,1H3,(H,27,28,29)/t14-,16+. The van der Waals surface area contributed by atoms with Crippen molar-refractivity contribution >= 4 is 34.0 Å². The molecule has 0 atom stereocenters. The molecule has 33 heavy (non-hydrogen) atoms. The lowest BCUT2D eigenvalue weighted by Gasteiger charge is -2.44. The lowest BCUT2D eigenvalue weighted by molar-refractivity contribution is -0.0409. The Morgan fingerprint density at radius 3 is 2.64 bits per heavy atom. The highest BCUT2D eigenvalue weighted by molar-refractivity contribution is 6.31. The van der Waals surface area contributed by atoms with E-state index in [9.17, 15) is 9.50 Å². The third kappa shape index (κ3) is 4.55. The summed E-state index contributed by atoms with van der Waals surface area (Å²) in [5.74, 6) is 1.11. The van der Waals surface area contributed by atoms with Gasteiger partial charge in [0.25, 0.3) is 0 Å². The highest BCUT2D eigenvalue weighted by atomic mass is 35.5. The van der Waals surface area contributed by atoms with Gasteiger partial charge in [-0.25, -0.2) is 14.4 Å². The predicted molar refractivity (Wildman–Crippen MR) is 125 cm³/mol. The molecule has 5 rings (SSSR count). The highest BCUT2D eigenvalue weighted by Crippen LogP contribution is 2.38. The smallest absolute Gasteiger partial charge is 0.165 e. The van der Waals surface area contributed by atoms with Crippen molar-refractivity contribution in [2.45, 2.75) is 43.9 Å². The van der Waals surface area contributed by atoms with Gasteiger partial charge < -0.3 is 19.9 Å². The number of hydrogen-bond acceptors (Lipinski definition) is 7. The van der Waals surface area contributed by atoms with Crippen LogP contribution in [0.3, 0.4) is 0 Å². The highest BCUT2D eigenvalue weighted by Gasteiger charge is 2.34. The summed E-state index contributed by atoms with van der Waals surface area (Å²) in [5.41, 5.74) is 0.884. The molecule has 2 fully saturated rings. The number of aliphatic hydroxyl groups excluding tert-OH is 1. The number of nitrogens with zero attached hydrogens (tertiary/aromatic N) is 3. The Hall–Kier alpha value is -2.68. The molecule has 9 heteroatoms. The number of likely N-dealkylation sites (tertiary alicyclic amines) is 1. The third-order valence-corrected chi connectivity index (χ3v) is 6.76. The summed E-state index contributed by atoms with van der Waals surface area (Å²) in [7, 11) is 1.60. The van der Waals surface area contributed by atoms with Gasteiger partial charge in [-0.1, -0.05) is 17.7 Å². The normalized spacial score (nSPS) is 21.6. The number of β-amino-alcohol motifs (C(OH)–C–C–N with tert-alkyl or cyclic N) is 1. The Morgan fingerprint density at radius 1 is 1.12 bits per heavy atom. The van der Waals surface area contributed by atoms with Crippen molar-refractivity contribution in [1.29, 1.82) is 0 Å². The van der Waals surface area contributed by atoms with Crippen molar-refractivity contribution in [3.8, 4) is 11.5 Å². The molecule has 2 aromatic carbocycles. The number of anilines is 2. The van der Waals surface area contributed by atoms with Gasteiger partial charge in [0.2, 0.25) is 0 Å². The second-order valence-corrected chi connectivity index (χ2v) is 9.03. The van der Waals surface area contributed by atoms with Crippen molar-refractivity contribution in [3.63, 3.8) is 0 Å². The third-order valence-electron chi connectivity index (χ3n) is 6.47. The number of aliphatic hydroxyl groups is 1. The number of methoxy groups -OCH3 is 1. The van der Waals surface area contributed by atoms with Gasteiger partial charge in [0.15, 0.2) is 17.3 Å². The maximum atomic E-state index is 14.4. The molecule has 174 valence electrons. The van der Waals surface area contributed by atoms with Crippen LogP contribution in [-0.2, 0) is 0 Å². The maximum Gasteiger partial charge on any atom is 0.165 e. The summed E-state index contributed by atoms with van der Waals surface area (Å²) in [5, 5.41) is 13.3. The van der Waals surface area contributed by atoms with E-state index in [1.807, 2.05) is 6.07 Å². The maximum absolute atomic E-state index is 14.4. The Balaban J connectivity index is 1.37. The van der Waals surface area contributed by atoms with Crippen LogP contribution in [0, 0.1) is 5.82 Å². The van der Waals surface area contributed by atoms with Crippen LogP contribution in [0.25, 0.3) is 10.9 Å². The number of nitrogens with one attached hydrogen (secondary N) is 1. The van der Waals surface area contributed by atoms with Crippen molar-refractivity contribution in [2.24, 2.45) is 0 Å². The lowest BCUT2D eigenvalue weighted by atomic mass is 9.90. The van der Waals surface area contributed by atoms with Gasteiger partial charge in [0.05, 0.1) is 35.5 Å². The van der Waals surface area contributed by atoms with Gasteiger partial charge >= 0.3 is 0 Å². The van der Waals surface area contributed by atoms with E-state index in [4.69, 9.17) is 21.1 Å². The van der Waals surface area contributed by atoms with E-state index in [0.29, 0.717) is 34.3 Å². The van der Waals surface area contributed by atoms with E-state index in [0.717, 1.165) is 38.8 Å². The Bertz CT molecular complexity index is 1150. The molecule has 1 saturated heterocycles. The van der Waals surface area contributed by atoms with Crippen LogP contribution >= 0.6 is 11.6 Å². The molecule has 0 spiro atoms. The largest absolute Gasteiger partial charge is 0.493 e. The van der Waals surface area contributed by atoms with Crippen LogP contribution in [0.2, 0.25) is 5.02 Å². The minimum atomic E-state index is -0.539. The van der Waals surface area contributed by atoms with Crippen molar-refractivity contribution in [3.05, 3.63) is 47.5 Å². The average molecular weight is 473 g/mol. The SMILES string of the molecule is COc1cc2ncnc(Nc3cccc(Cl)c3F)c2cc1O[C@H]1CC[C@@H](N2CC(O)C2)CC1. The van der Waals surface area contributed by atoms with Gasteiger partial charge in [0.1, 0.15) is 12.1 Å². The van der Waals surface area contributed by atoms with E-state index in [1.54, 1.807) is 25.3 Å². The zero-order valence-corrected chi connectivity index (χ0v) is 19.1. The number of fused-ring (bicyclic) bond motifs is 1. The predicted octanol–water partition coefficient (Wildman–Crippen LogP) is 4.54. The van der Waals surface area contributed by atoms with Gasteiger partial charge in [-0.15, -0.1) is 0 Å². The van der Waals surface area contributed by atoms with E-state index in [2.05, 4.69) is 20.2 Å². The Kier molecular flexibility index (Phi) is 6.23. The molecule has 2 N–H and O–H groups in total. The molecule has 1 aliphatic carbocycles. The zero-order valence-electron chi connectivity index (χ0n) is 18.3. The lowest BCUT2D eigenvalue weighted by Crippen LogP contribution is -2.56. The Morgan fingerprint density at radius 2 is 1.91 bits per heavy atom. The molecule has 2 aliphatic rings. The first-order chi connectivity index (χ1) is 16.0. The van der Waals surface area contributed by atoms with E-state index < -0.39 is 5.82 Å². The molecule has 1 aromatic heterocycles. The van der Waals surface area contributed by atoms with Crippen LogP contribution < -0.4 is 14.8 Å². The van der Waals surface area contributed by atoms with Crippen LogP contribution in [-0.4, -0.2) is 58.4 Å². The number of halogens is 2. The van der Waals surface area contributed by atoms with E-state index in [1.165, 1.54) is 12.4 Å². The molecule has 0 radical (unpaired) electrons. The summed E-state index contributed by atoms with van der Waals surface area (Å²) >= 11 is 5.92. The van der Waals surface area contributed by atoms with E-state index >= 15 is 0 Å². The molecule has 7 nitrogen and oxygen atoms in total. The molecule has 1 saturated carbocycles. The first-order valence-electron chi connectivity index (χ1n) is 11.1. The minimum absolute atomic E-state index is 0.0346. The average Bonchev–Trinajstić information content (AvgIpc) is 2.80. The minimum Gasteiger partial charge on any atom is -0.493 e. The number of benzene rings is 2. The molecular weight excluding hydrogens is 447 g/mol. The van der Waals surface area contributed by atoms with E-state index in [-0.39, 0.29) is 22.9 Å². The van der Waals surface area contributed by atoms with Crippen molar-refractivity contribution < 1.29 is 19.0 Å². The summed E-state index contributed by atoms with van der Waals surface area (Å²) in [6.07, 6.45) is 5.26. The zero-order chi connectivity index (χ0) is 22.9. The van der Waals surface area contributed by atoms with Crippen molar-refractivity contribution in [1.82, 2.24) is 14.9 Å². The summed E-state index contributed by atoms with van der Waals surface area (Å²) in [6, 6.07) is 8.94. The van der Waals surface area contributed by atoms with Gasteiger partial charge in [-0.05, 0) is 43.9 Å². The van der Waals surface area contributed by atoms with Crippen LogP contribution in [0.5, 0.6) is 11.5 Å². The van der Waals surface area contributed by atoms with Gasteiger partial charge in [-0.3, -0.25) is 4.90 Å². The second kappa shape index (κ2) is 9.29. The van der Waals surface area contributed by atoms with Crippen LogP contribution in [0.1, 0.15) is 25.7 Å². The first-order valence-corrected chi connectivity index (χ1v) is 11.5. The molecule has 0 bridgehead atoms. The number of rotatable bonds is 6. The summed E-state index contributed by atoms with van der Waals surface area (Å²) in [4.78, 5) is 11.0. The van der Waals surface area contributed by atoms with Crippen LogP contribution in [0.15, 0.2) is 36.7 Å². The Labute approximate surface area is 196 Å². The molecular formula is C24H26ClFN4O3. The number of hydrogen-bond donors (Lipinski definition) is 2. The number of aromatic nitrogens is 2. The monoisotopic (exact) mass is 472 g/mol. The fourth-order valence-electron chi connectivity index (χ4n) is 4.64. The van der Waals surface area contributed by atoms with Gasteiger partial charge in [-0.2, -0.15) is 0 Å².